The number of amides is 1. The molecule has 5 heteroatoms. The quantitative estimate of drug-likeness (QED) is 0.778. The van der Waals surface area contributed by atoms with Gasteiger partial charge in [-0.05, 0) is 25.0 Å². The Labute approximate surface area is 119 Å². The van der Waals surface area contributed by atoms with Gasteiger partial charge in [0.05, 0.1) is 6.61 Å². The Morgan fingerprint density at radius 2 is 2.20 bits per heavy atom. The SMILES string of the molecule is CCCC(C)c1cc(C)c(C(=O)NCCOC)c(=O)o1. The Morgan fingerprint density at radius 3 is 2.75 bits per heavy atom. The maximum Gasteiger partial charge on any atom is 0.349 e. The summed E-state index contributed by atoms with van der Waals surface area (Å²) in [6.45, 7) is 6.62. The third-order valence-electron chi connectivity index (χ3n) is 3.19. The molecular weight excluding hydrogens is 258 g/mol. The topological polar surface area (TPSA) is 68.5 Å². The van der Waals surface area contributed by atoms with Crippen molar-refractivity contribution in [3.8, 4) is 0 Å². The van der Waals surface area contributed by atoms with E-state index in [0.717, 1.165) is 12.8 Å². The molecule has 0 saturated carbocycles. The lowest BCUT2D eigenvalue weighted by Gasteiger charge is -2.11. The second-order valence-electron chi connectivity index (χ2n) is 4.93. The molecule has 0 saturated heterocycles. The highest BCUT2D eigenvalue weighted by Crippen LogP contribution is 2.21. The summed E-state index contributed by atoms with van der Waals surface area (Å²) in [6, 6.07) is 1.78. The Bertz CT molecular complexity index is 507. The first-order chi connectivity index (χ1) is 9.51. The van der Waals surface area contributed by atoms with Crippen molar-refractivity contribution in [1.82, 2.24) is 5.32 Å². The number of ether oxygens (including phenoxy) is 1. The largest absolute Gasteiger partial charge is 0.427 e. The minimum Gasteiger partial charge on any atom is -0.427 e. The van der Waals surface area contributed by atoms with E-state index in [-0.39, 0.29) is 11.5 Å². The summed E-state index contributed by atoms with van der Waals surface area (Å²) in [5, 5.41) is 2.63. The van der Waals surface area contributed by atoms with Crippen molar-refractivity contribution in [2.24, 2.45) is 0 Å². The Hall–Kier alpha value is -1.62. The molecular formula is C15H23NO4. The first-order valence-electron chi connectivity index (χ1n) is 6.93. The zero-order valence-electron chi connectivity index (χ0n) is 12.6. The fraction of sp³-hybridized carbons (Fsp3) is 0.600. The second kappa shape index (κ2) is 7.85. The third-order valence-corrected chi connectivity index (χ3v) is 3.19. The minimum absolute atomic E-state index is 0.0774. The molecule has 1 aromatic rings. The molecule has 0 bridgehead atoms. The number of rotatable bonds is 7. The number of carbonyl (C=O) groups excluding carboxylic acids is 1. The van der Waals surface area contributed by atoms with Crippen LogP contribution in [0.25, 0.3) is 0 Å². The van der Waals surface area contributed by atoms with E-state index in [0.29, 0.717) is 24.5 Å². The normalized spacial score (nSPS) is 12.2. The van der Waals surface area contributed by atoms with Crippen LogP contribution in [0.3, 0.4) is 0 Å². The first kappa shape index (κ1) is 16.4. The highest BCUT2D eigenvalue weighted by molar-refractivity contribution is 5.95. The van der Waals surface area contributed by atoms with Crippen molar-refractivity contribution in [3.63, 3.8) is 0 Å². The molecule has 0 aliphatic carbocycles. The van der Waals surface area contributed by atoms with Crippen molar-refractivity contribution in [1.29, 1.82) is 0 Å². The molecule has 0 aromatic carbocycles. The average Bonchev–Trinajstić information content (AvgIpc) is 2.38. The van der Waals surface area contributed by atoms with Crippen LogP contribution < -0.4 is 10.9 Å². The zero-order valence-corrected chi connectivity index (χ0v) is 12.6. The molecule has 1 aromatic heterocycles. The van der Waals surface area contributed by atoms with Crippen LogP contribution in [0.4, 0.5) is 0 Å². The molecule has 0 radical (unpaired) electrons. The lowest BCUT2D eigenvalue weighted by atomic mass is 10.0. The van der Waals surface area contributed by atoms with Crippen molar-refractivity contribution in [2.45, 2.75) is 39.5 Å². The van der Waals surface area contributed by atoms with Gasteiger partial charge in [0, 0.05) is 19.6 Å². The van der Waals surface area contributed by atoms with Gasteiger partial charge in [0.1, 0.15) is 11.3 Å². The van der Waals surface area contributed by atoms with Gasteiger partial charge in [-0.1, -0.05) is 20.3 Å². The van der Waals surface area contributed by atoms with Crippen LogP contribution in [0.2, 0.25) is 0 Å². The Morgan fingerprint density at radius 1 is 1.50 bits per heavy atom. The Balaban J connectivity index is 2.94. The highest BCUT2D eigenvalue weighted by Gasteiger charge is 2.18. The molecule has 1 rings (SSSR count). The number of hydrogen-bond donors (Lipinski definition) is 1. The first-order valence-corrected chi connectivity index (χ1v) is 6.93. The number of hydrogen-bond acceptors (Lipinski definition) is 4. The van der Waals surface area contributed by atoms with Gasteiger partial charge >= 0.3 is 5.63 Å². The molecule has 1 atom stereocenters. The lowest BCUT2D eigenvalue weighted by molar-refractivity contribution is 0.0932. The van der Waals surface area contributed by atoms with E-state index in [2.05, 4.69) is 12.2 Å². The van der Waals surface area contributed by atoms with Crippen LogP contribution in [0.15, 0.2) is 15.3 Å². The lowest BCUT2D eigenvalue weighted by Crippen LogP contribution is -2.32. The third kappa shape index (κ3) is 4.20. The van der Waals surface area contributed by atoms with Gasteiger partial charge < -0.3 is 14.5 Å². The zero-order chi connectivity index (χ0) is 15.1. The van der Waals surface area contributed by atoms with E-state index >= 15 is 0 Å². The van der Waals surface area contributed by atoms with Crippen LogP contribution in [0.1, 0.15) is 54.3 Å². The molecule has 0 aliphatic rings. The fourth-order valence-corrected chi connectivity index (χ4v) is 2.08. The van der Waals surface area contributed by atoms with Gasteiger partial charge in [0.15, 0.2) is 0 Å². The summed E-state index contributed by atoms with van der Waals surface area (Å²) in [4.78, 5) is 23.9. The predicted molar refractivity (Wildman–Crippen MR) is 77.2 cm³/mol. The number of nitrogens with one attached hydrogen (secondary N) is 1. The molecule has 0 fully saturated rings. The number of carbonyl (C=O) groups is 1. The monoisotopic (exact) mass is 281 g/mol. The van der Waals surface area contributed by atoms with Crippen molar-refractivity contribution < 1.29 is 13.9 Å². The van der Waals surface area contributed by atoms with Crippen LogP contribution in [-0.2, 0) is 4.74 Å². The van der Waals surface area contributed by atoms with E-state index in [1.54, 1.807) is 20.1 Å². The molecule has 0 aliphatic heterocycles. The number of aryl methyl sites for hydroxylation is 1. The van der Waals surface area contributed by atoms with Crippen LogP contribution in [0.5, 0.6) is 0 Å². The summed E-state index contributed by atoms with van der Waals surface area (Å²) in [5.74, 6) is 0.405. The van der Waals surface area contributed by atoms with E-state index < -0.39 is 11.5 Å². The van der Waals surface area contributed by atoms with Crippen LogP contribution in [-0.4, -0.2) is 26.2 Å². The maximum atomic E-state index is 12.0. The van der Waals surface area contributed by atoms with Crippen LogP contribution >= 0.6 is 0 Å². The summed E-state index contributed by atoms with van der Waals surface area (Å²) in [6.07, 6.45) is 1.96. The van der Waals surface area contributed by atoms with Gasteiger partial charge in [-0.25, -0.2) is 4.79 Å². The fourth-order valence-electron chi connectivity index (χ4n) is 2.08. The molecule has 1 heterocycles. The smallest absolute Gasteiger partial charge is 0.349 e. The number of methoxy groups -OCH3 is 1. The van der Waals surface area contributed by atoms with Crippen molar-refractivity contribution in [2.75, 3.05) is 20.3 Å². The molecule has 1 N–H and O–H groups in total. The molecule has 1 amide bonds. The molecule has 20 heavy (non-hydrogen) atoms. The summed E-state index contributed by atoms with van der Waals surface area (Å²) in [7, 11) is 1.55. The summed E-state index contributed by atoms with van der Waals surface area (Å²) in [5.41, 5.74) is 0.153. The maximum absolute atomic E-state index is 12.0. The molecule has 1 unspecified atom stereocenters. The van der Waals surface area contributed by atoms with Gasteiger partial charge in [-0.3, -0.25) is 4.79 Å². The second-order valence-corrected chi connectivity index (χ2v) is 4.93. The van der Waals surface area contributed by atoms with Crippen molar-refractivity contribution >= 4 is 5.91 Å². The van der Waals surface area contributed by atoms with E-state index in [4.69, 9.17) is 9.15 Å². The molecule has 0 spiro atoms. The van der Waals surface area contributed by atoms with Gasteiger partial charge in [0.2, 0.25) is 0 Å². The van der Waals surface area contributed by atoms with Gasteiger partial charge in [-0.2, -0.15) is 0 Å². The minimum atomic E-state index is -0.571. The van der Waals surface area contributed by atoms with E-state index in [1.807, 2.05) is 6.92 Å². The summed E-state index contributed by atoms with van der Waals surface area (Å²) < 4.78 is 10.1. The average molecular weight is 281 g/mol. The Kier molecular flexibility index (Phi) is 6.45. The predicted octanol–water partition coefficient (Wildman–Crippen LogP) is 2.23. The van der Waals surface area contributed by atoms with Gasteiger partial charge in [-0.15, -0.1) is 0 Å². The highest BCUT2D eigenvalue weighted by atomic mass is 16.5. The molecule has 5 nitrogen and oxygen atoms in total. The van der Waals surface area contributed by atoms with Gasteiger partial charge in [0.25, 0.3) is 5.91 Å². The van der Waals surface area contributed by atoms with Crippen molar-refractivity contribution in [3.05, 3.63) is 33.4 Å². The standard InChI is InChI=1S/C15H23NO4/c1-5-6-10(2)12-9-11(3)13(15(18)20-12)14(17)16-7-8-19-4/h9-10H,5-8H2,1-4H3,(H,16,17). The molecule has 112 valence electrons. The van der Waals surface area contributed by atoms with E-state index in [9.17, 15) is 9.59 Å². The summed E-state index contributed by atoms with van der Waals surface area (Å²) >= 11 is 0. The van der Waals surface area contributed by atoms with E-state index in [1.165, 1.54) is 0 Å². The van der Waals surface area contributed by atoms with Crippen LogP contribution in [0, 0.1) is 6.92 Å².